The van der Waals surface area contributed by atoms with E-state index in [1.807, 2.05) is 0 Å². The van der Waals surface area contributed by atoms with Crippen molar-refractivity contribution in [1.82, 2.24) is 9.80 Å². The Bertz CT molecular complexity index is 323. The third-order valence-corrected chi connectivity index (χ3v) is 5.71. The van der Waals surface area contributed by atoms with Gasteiger partial charge < -0.3 is 14.7 Å². The van der Waals surface area contributed by atoms with Crippen molar-refractivity contribution in [2.75, 3.05) is 52.5 Å². The predicted molar refractivity (Wildman–Crippen MR) is 84.4 cm³/mol. The van der Waals surface area contributed by atoms with E-state index in [0.717, 1.165) is 57.5 Å². The van der Waals surface area contributed by atoms with Gasteiger partial charge in [0.15, 0.2) is 0 Å². The summed E-state index contributed by atoms with van der Waals surface area (Å²) >= 11 is 0. The van der Waals surface area contributed by atoms with Crippen molar-refractivity contribution in [3.8, 4) is 0 Å². The minimum absolute atomic E-state index is 0.402. The summed E-state index contributed by atoms with van der Waals surface area (Å²) in [5.41, 5.74) is -0.402. The summed E-state index contributed by atoms with van der Waals surface area (Å²) in [6.45, 7) is 10.8. The summed E-state index contributed by atoms with van der Waals surface area (Å²) in [6.07, 6.45) is 5.69. The molecule has 2 heterocycles. The maximum atomic E-state index is 10.8. The molecule has 2 saturated heterocycles. The van der Waals surface area contributed by atoms with Crippen LogP contribution >= 0.6 is 0 Å². The van der Waals surface area contributed by atoms with Crippen LogP contribution in [0, 0.1) is 11.8 Å². The van der Waals surface area contributed by atoms with Crippen LogP contribution in [-0.4, -0.2) is 73.0 Å². The van der Waals surface area contributed by atoms with E-state index >= 15 is 0 Å². The minimum Gasteiger partial charge on any atom is -0.389 e. The number of hydrogen-bond donors (Lipinski definition) is 1. The van der Waals surface area contributed by atoms with Crippen LogP contribution in [0.3, 0.4) is 0 Å². The molecule has 3 aliphatic rings. The molecule has 1 N–H and O–H groups in total. The quantitative estimate of drug-likeness (QED) is 0.854. The highest BCUT2D eigenvalue weighted by molar-refractivity contribution is 4.90. The lowest BCUT2D eigenvalue weighted by atomic mass is 9.79. The Balaban J connectivity index is 1.41. The lowest BCUT2D eigenvalue weighted by molar-refractivity contribution is -0.0317. The van der Waals surface area contributed by atoms with Crippen LogP contribution in [0.5, 0.6) is 0 Å². The molecular formula is C17H32N2O2. The van der Waals surface area contributed by atoms with Crippen LogP contribution in [0.1, 0.15) is 39.0 Å². The fourth-order valence-electron chi connectivity index (χ4n) is 4.23. The van der Waals surface area contributed by atoms with E-state index in [2.05, 4.69) is 16.7 Å². The van der Waals surface area contributed by atoms with Crippen LogP contribution in [0.25, 0.3) is 0 Å². The first-order chi connectivity index (χ1) is 10.1. The number of morpholine rings is 1. The van der Waals surface area contributed by atoms with Gasteiger partial charge in [0.2, 0.25) is 0 Å². The second kappa shape index (κ2) is 6.95. The zero-order chi connectivity index (χ0) is 14.7. The van der Waals surface area contributed by atoms with Crippen molar-refractivity contribution < 1.29 is 9.84 Å². The minimum atomic E-state index is -0.402. The van der Waals surface area contributed by atoms with Gasteiger partial charge in [-0.05, 0) is 50.5 Å². The number of ether oxygens (including phenoxy) is 1. The zero-order valence-electron chi connectivity index (χ0n) is 13.6. The maximum absolute atomic E-state index is 10.8. The van der Waals surface area contributed by atoms with Crippen LogP contribution in [0.2, 0.25) is 0 Å². The highest BCUT2D eigenvalue weighted by atomic mass is 16.5. The normalized spacial score (nSPS) is 39.7. The van der Waals surface area contributed by atoms with Crippen molar-refractivity contribution >= 4 is 0 Å². The number of β-amino-alcohol motifs (C(OH)–C–C–N with tert-alkyl or cyclic N) is 1. The molecule has 122 valence electrons. The zero-order valence-corrected chi connectivity index (χ0v) is 13.6. The molecule has 1 atom stereocenters. The Morgan fingerprint density at radius 3 is 2.48 bits per heavy atom. The van der Waals surface area contributed by atoms with Gasteiger partial charge in [0, 0.05) is 32.7 Å². The maximum Gasteiger partial charge on any atom is 0.0774 e. The monoisotopic (exact) mass is 296 g/mol. The Morgan fingerprint density at radius 2 is 1.76 bits per heavy atom. The van der Waals surface area contributed by atoms with E-state index in [-0.39, 0.29) is 0 Å². The van der Waals surface area contributed by atoms with Crippen LogP contribution < -0.4 is 0 Å². The lowest BCUT2D eigenvalue weighted by Gasteiger charge is -2.38. The Kier molecular flexibility index (Phi) is 5.20. The number of likely N-dealkylation sites (tertiary alicyclic amines) is 1. The first-order valence-electron chi connectivity index (χ1n) is 8.88. The van der Waals surface area contributed by atoms with Gasteiger partial charge in [-0.15, -0.1) is 0 Å². The third-order valence-electron chi connectivity index (χ3n) is 5.71. The molecule has 4 nitrogen and oxygen atoms in total. The van der Waals surface area contributed by atoms with Crippen molar-refractivity contribution in [3.05, 3.63) is 0 Å². The first-order valence-corrected chi connectivity index (χ1v) is 8.88. The fraction of sp³-hybridized carbons (Fsp3) is 1.00. The molecule has 3 fully saturated rings. The van der Waals surface area contributed by atoms with Gasteiger partial charge in [0.05, 0.1) is 18.8 Å². The van der Waals surface area contributed by atoms with E-state index in [4.69, 9.17) is 4.74 Å². The van der Waals surface area contributed by atoms with Crippen molar-refractivity contribution in [2.24, 2.45) is 11.8 Å². The fourth-order valence-corrected chi connectivity index (χ4v) is 4.23. The van der Waals surface area contributed by atoms with Gasteiger partial charge in [-0.25, -0.2) is 0 Å². The summed E-state index contributed by atoms with van der Waals surface area (Å²) in [7, 11) is 0. The predicted octanol–water partition coefficient (Wildman–Crippen LogP) is 1.58. The van der Waals surface area contributed by atoms with Gasteiger partial charge in [0.1, 0.15) is 0 Å². The second-order valence-corrected chi connectivity index (χ2v) is 7.71. The Morgan fingerprint density at radius 1 is 1.05 bits per heavy atom. The summed E-state index contributed by atoms with van der Waals surface area (Å²) in [5, 5.41) is 10.8. The molecule has 1 saturated carbocycles. The van der Waals surface area contributed by atoms with Crippen molar-refractivity contribution in [1.29, 1.82) is 0 Å². The topological polar surface area (TPSA) is 35.9 Å². The molecule has 0 spiro atoms. The molecule has 0 aromatic carbocycles. The summed E-state index contributed by atoms with van der Waals surface area (Å²) in [4.78, 5) is 5.07. The van der Waals surface area contributed by atoms with Gasteiger partial charge in [-0.2, -0.15) is 0 Å². The van der Waals surface area contributed by atoms with Gasteiger partial charge in [-0.3, -0.25) is 4.90 Å². The molecule has 4 heteroatoms. The highest BCUT2D eigenvalue weighted by Gasteiger charge is 2.36. The molecule has 0 radical (unpaired) electrons. The van der Waals surface area contributed by atoms with E-state index in [1.54, 1.807) is 0 Å². The van der Waals surface area contributed by atoms with Gasteiger partial charge in [-0.1, -0.05) is 6.92 Å². The SMILES string of the molecule is CC1CCC(O)(CN2CCC(CN3CCOCC3)C2)CC1. The molecule has 0 aromatic heterocycles. The molecule has 21 heavy (non-hydrogen) atoms. The van der Waals surface area contributed by atoms with E-state index in [0.29, 0.717) is 0 Å². The lowest BCUT2D eigenvalue weighted by Crippen LogP contribution is -2.45. The largest absolute Gasteiger partial charge is 0.389 e. The van der Waals surface area contributed by atoms with Crippen LogP contribution in [0.4, 0.5) is 0 Å². The molecular weight excluding hydrogens is 264 g/mol. The Labute approximate surface area is 129 Å². The molecule has 1 aliphatic carbocycles. The van der Waals surface area contributed by atoms with Crippen LogP contribution in [-0.2, 0) is 4.74 Å². The average molecular weight is 296 g/mol. The average Bonchev–Trinajstić information content (AvgIpc) is 2.90. The summed E-state index contributed by atoms with van der Waals surface area (Å²) in [6, 6.07) is 0. The number of hydrogen-bond acceptors (Lipinski definition) is 4. The molecule has 2 aliphatic heterocycles. The van der Waals surface area contributed by atoms with Crippen molar-refractivity contribution in [3.63, 3.8) is 0 Å². The van der Waals surface area contributed by atoms with E-state index in [1.165, 1.54) is 38.9 Å². The second-order valence-electron chi connectivity index (χ2n) is 7.71. The van der Waals surface area contributed by atoms with Crippen LogP contribution in [0.15, 0.2) is 0 Å². The number of nitrogens with zero attached hydrogens (tertiary/aromatic N) is 2. The van der Waals surface area contributed by atoms with Gasteiger partial charge in [0.25, 0.3) is 0 Å². The van der Waals surface area contributed by atoms with E-state index in [9.17, 15) is 5.11 Å². The molecule has 0 aromatic rings. The standard InChI is InChI=1S/C17H32N2O2/c1-15-2-5-17(20,6-3-15)14-19-7-4-16(13-19)12-18-8-10-21-11-9-18/h15-16,20H,2-14H2,1H3. The molecule has 3 rings (SSSR count). The third kappa shape index (κ3) is 4.41. The number of aliphatic hydroxyl groups is 1. The number of rotatable bonds is 4. The molecule has 1 unspecified atom stereocenters. The first kappa shape index (κ1) is 15.7. The van der Waals surface area contributed by atoms with Crippen molar-refractivity contribution in [2.45, 2.75) is 44.6 Å². The van der Waals surface area contributed by atoms with Gasteiger partial charge >= 0.3 is 0 Å². The Hall–Kier alpha value is -0.160. The molecule has 0 amide bonds. The summed E-state index contributed by atoms with van der Waals surface area (Å²) in [5.74, 6) is 1.59. The molecule has 0 bridgehead atoms. The van der Waals surface area contributed by atoms with E-state index < -0.39 is 5.60 Å². The smallest absolute Gasteiger partial charge is 0.0774 e. The summed E-state index contributed by atoms with van der Waals surface area (Å²) < 4.78 is 5.42. The highest BCUT2D eigenvalue weighted by Crippen LogP contribution is 2.33.